The zero-order valence-electron chi connectivity index (χ0n) is 11.8. The maximum Gasteiger partial charge on any atom is 0.251 e. The SMILES string of the molecule is CCCc1cc(C(=O)NCc2cccs2)cc(NC)n1. The zero-order chi connectivity index (χ0) is 14.4. The average Bonchev–Trinajstić information content (AvgIpc) is 2.98. The van der Waals surface area contributed by atoms with E-state index in [0.717, 1.165) is 29.2 Å². The third-order valence-corrected chi connectivity index (χ3v) is 3.78. The fraction of sp³-hybridized carbons (Fsp3) is 0.333. The number of thiophene rings is 1. The van der Waals surface area contributed by atoms with Crippen LogP contribution in [0.5, 0.6) is 0 Å². The van der Waals surface area contributed by atoms with Crippen LogP contribution in [0.25, 0.3) is 0 Å². The lowest BCUT2D eigenvalue weighted by Crippen LogP contribution is -2.22. The van der Waals surface area contributed by atoms with Gasteiger partial charge in [0.15, 0.2) is 0 Å². The number of hydrogen-bond donors (Lipinski definition) is 2. The summed E-state index contributed by atoms with van der Waals surface area (Å²) in [5, 5.41) is 7.95. The lowest BCUT2D eigenvalue weighted by Gasteiger charge is -2.08. The lowest BCUT2D eigenvalue weighted by molar-refractivity contribution is 0.0951. The van der Waals surface area contributed by atoms with Crippen molar-refractivity contribution in [2.45, 2.75) is 26.3 Å². The van der Waals surface area contributed by atoms with Crippen LogP contribution in [0.3, 0.4) is 0 Å². The van der Waals surface area contributed by atoms with Gasteiger partial charge >= 0.3 is 0 Å². The molecule has 5 heteroatoms. The molecule has 20 heavy (non-hydrogen) atoms. The molecule has 2 aromatic heterocycles. The van der Waals surface area contributed by atoms with Gasteiger partial charge in [-0.3, -0.25) is 4.79 Å². The van der Waals surface area contributed by atoms with E-state index in [2.05, 4.69) is 22.5 Å². The topological polar surface area (TPSA) is 54.0 Å². The van der Waals surface area contributed by atoms with Crippen molar-refractivity contribution >= 4 is 23.1 Å². The first-order valence-electron chi connectivity index (χ1n) is 6.72. The molecule has 0 spiro atoms. The molecule has 2 aromatic rings. The van der Waals surface area contributed by atoms with E-state index in [4.69, 9.17) is 0 Å². The predicted octanol–water partition coefficient (Wildman–Crippen LogP) is 3.07. The summed E-state index contributed by atoms with van der Waals surface area (Å²) in [7, 11) is 1.81. The van der Waals surface area contributed by atoms with E-state index in [1.165, 1.54) is 0 Å². The van der Waals surface area contributed by atoms with Crippen molar-refractivity contribution in [2.75, 3.05) is 12.4 Å². The van der Waals surface area contributed by atoms with E-state index in [0.29, 0.717) is 12.1 Å². The van der Waals surface area contributed by atoms with Gasteiger partial charge in [0.1, 0.15) is 5.82 Å². The van der Waals surface area contributed by atoms with Crippen LogP contribution in [-0.4, -0.2) is 17.9 Å². The fourth-order valence-corrected chi connectivity index (χ4v) is 2.56. The van der Waals surface area contributed by atoms with E-state index in [-0.39, 0.29) is 5.91 Å². The van der Waals surface area contributed by atoms with Gasteiger partial charge in [0.05, 0.1) is 6.54 Å². The number of pyridine rings is 1. The Kier molecular flexibility index (Phi) is 5.12. The zero-order valence-corrected chi connectivity index (χ0v) is 12.6. The summed E-state index contributed by atoms with van der Waals surface area (Å²) in [5.41, 5.74) is 1.60. The van der Waals surface area contributed by atoms with Crippen LogP contribution in [0.4, 0.5) is 5.82 Å². The molecule has 0 atom stereocenters. The van der Waals surface area contributed by atoms with Gasteiger partial charge in [-0.05, 0) is 30.0 Å². The second-order valence-electron chi connectivity index (χ2n) is 4.49. The Morgan fingerprint density at radius 2 is 2.25 bits per heavy atom. The third-order valence-electron chi connectivity index (χ3n) is 2.91. The number of carbonyl (C=O) groups is 1. The van der Waals surface area contributed by atoms with Gasteiger partial charge in [0.2, 0.25) is 0 Å². The first kappa shape index (κ1) is 14.5. The summed E-state index contributed by atoms with van der Waals surface area (Å²) < 4.78 is 0. The number of hydrogen-bond acceptors (Lipinski definition) is 4. The molecule has 2 heterocycles. The maximum atomic E-state index is 12.2. The summed E-state index contributed by atoms with van der Waals surface area (Å²) in [6.45, 7) is 2.67. The van der Waals surface area contributed by atoms with Gasteiger partial charge in [0, 0.05) is 23.2 Å². The van der Waals surface area contributed by atoms with E-state index >= 15 is 0 Å². The summed E-state index contributed by atoms with van der Waals surface area (Å²) in [4.78, 5) is 17.8. The molecule has 1 amide bonds. The number of nitrogens with zero attached hydrogens (tertiary/aromatic N) is 1. The number of rotatable bonds is 6. The second kappa shape index (κ2) is 7.05. The van der Waals surface area contributed by atoms with Crippen molar-refractivity contribution in [3.05, 3.63) is 45.8 Å². The predicted molar refractivity (Wildman–Crippen MR) is 83.3 cm³/mol. The second-order valence-corrected chi connectivity index (χ2v) is 5.53. The molecule has 0 bridgehead atoms. The largest absolute Gasteiger partial charge is 0.373 e. The number of anilines is 1. The number of aryl methyl sites for hydroxylation is 1. The summed E-state index contributed by atoms with van der Waals surface area (Å²) in [6, 6.07) is 7.65. The van der Waals surface area contributed by atoms with Gasteiger partial charge in [0.25, 0.3) is 5.91 Å². The fourth-order valence-electron chi connectivity index (χ4n) is 1.91. The van der Waals surface area contributed by atoms with Crippen LogP contribution in [0, 0.1) is 0 Å². The van der Waals surface area contributed by atoms with Crippen molar-refractivity contribution in [3.8, 4) is 0 Å². The molecule has 0 radical (unpaired) electrons. The van der Waals surface area contributed by atoms with E-state index < -0.39 is 0 Å². The van der Waals surface area contributed by atoms with E-state index in [9.17, 15) is 4.79 Å². The average molecular weight is 289 g/mol. The van der Waals surface area contributed by atoms with Gasteiger partial charge in [-0.25, -0.2) is 4.98 Å². The Balaban J connectivity index is 2.09. The van der Waals surface area contributed by atoms with Gasteiger partial charge < -0.3 is 10.6 Å². The summed E-state index contributed by atoms with van der Waals surface area (Å²) in [5.74, 6) is 0.673. The first-order valence-corrected chi connectivity index (χ1v) is 7.60. The third kappa shape index (κ3) is 3.81. The number of amides is 1. The van der Waals surface area contributed by atoms with Gasteiger partial charge in [-0.2, -0.15) is 0 Å². The maximum absolute atomic E-state index is 12.2. The van der Waals surface area contributed by atoms with Crippen LogP contribution < -0.4 is 10.6 Å². The highest BCUT2D eigenvalue weighted by Gasteiger charge is 2.09. The molecule has 0 saturated carbocycles. The summed E-state index contributed by atoms with van der Waals surface area (Å²) >= 11 is 1.64. The highest BCUT2D eigenvalue weighted by molar-refractivity contribution is 7.09. The quantitative estimate of drug-likeness (QED) is 0.859. The summed E-state index contributed by atoms with van der Waals surface area (Å²) in [6.07, 6.45) is 1.89. The Morgan fingerprint density at radius 1 is 1.40 bits per heavy atom. The minimum absolute atomic E-state index is 0.0605. The molecule has 106 valence electrons. The Morgan fingerprint density at radius 3 is 2.90 bits per heavy atom. The molecule has 2 rings (SSSR count). The van der Waals surface area contributed by atoms with Crippen LogP contribution in [0.1, 0.15) is 34.3 Å². The molecule has 0 unspecified atom stereocenters. The number of nitrogens with one attached hydrogen (secondary N) is 2. The van der Waals surface area contributed by atoms with Crippen molar-refractivity contribution in [1.82, 2.24) is 10.3 Å². The molecule has 0 aliphatic heterocycles. The van der Waals surface area contributed by atoms with Crippen LogP contribution in [-0.2, 0) is 13.0 Å². The Bertz CT molecular complexity index is 567. The van der Waals surface area contributed by atoms with E-state index in [1.807, 2.05) is 30.6 Å². The van der Waals surface area contributed by atoms with Gasteiger partial charge in [-0.15, -0.1) is 11.3 Å². The van der Waals surface area contributed by atoms with Crippen molar-refractivity contribution in [2.24, 2.45) is 0 Å². The Hall–Kier alpha value is -1.88. The van der Waals surface area contributed by atoms with Crippen molar-refractivity contribution < 1.29 is 4.79 Å². The smallest absolute Gasteiger partial charge is 0.251 e. The highest BCUT2D eigenvalue weighted by Crippen LogP contribution is 2.13. The molecular formula is C15H19N3OS. The molecule has 0 aliphatic carbocycles. The lowest BCUT2D eigenvalue weighted by atomic mass is 10.1. The van der Waals surface area contributed by atoms with Crippen LogP contribution in [0.15, 0.2) is 29.6 Å². The van der Waals surface area contributed by atoms with E-state index in [1.54, 1.807) is 17.4 Å². The number of aromatic nitrogens is 1. The first-order chi connectivity index (χ1) is 9.72. The van der Waals surface area contributed by atoms with Crippen molar-refractivity contribution in [1.29, 1.82) is 0 Å². The molecular weight excluding hydrogens is 270 g/mol. The molecule has 4 nitrogen and oxygen atoms in total. The van der Waals surface area contributed by atoms with Crippen molar-refractivity contribution in [3.63, 3.8) is 0 Å². The standard InChI is InChI=1S/C15H19N3OS/c1-3-5-12-8-11(9-14(16-2)18-12)15(19)17-10-13-6-4-7-20-13/h4,6-9H,3,5,10H2,1-2H3,(H,16,18)(H,17,19). The number of carbonyl (C=O) groups excluding carboxylic acids is 1. The molecule has 0 fully saturated rings. The van der Waals surface area contributed by atoms with Gasteiger partial charge in [-0.1, -0.05) is 19.4 Å². The van der Waals surface area contributed by atoms with Crippen LogP contribution in [0.2, 0.25) is 0 Å². The molecule has 0 saturated heterocycles. The molecule has 0 aliphatic rings. The Labute approximate surface area is 123 Å². The van der Waals surface area contributed by atoms with Crippen LogP contribution >= 0.6 is 11.3 Å². The minimum Gasteiger partial charge on any atom is -0.373 e. The molecule has 0 aromatic carbocycles. The molecule has 2 N–H and O–H groups in total. The highest BCUT2D eigenvalue weighted by atomic mass is 32.1. The normalized spacial score (nSPS) is 10.3. The monoisotopic (exact) mass is 289 g/mol. The minimum atomic E-state index is -0.0605.